The molecule has 0 atom stereocenters. The predicted molar refractivity (Wildman–Crippen MR) is 87.8 cm³/mol. The molecule has 0 bridgehead atoms. The zero-order valence-electron chi connectivity index (χ0n) is 13.1. The van der Waals surface area contributed by atoms with E-state index in [-0.39, 0.29) is 23.5 Å². The smallest absolute Gasteiger partial charge is 0.350 e. The fraction of sp³-hybridized carbons (Fsp3) is 0.375. The molecule has 0 saturated carbocycles. The first kappa shape index (κ1) is 19.2. The van der Waals surface area contributed by atoms with Crippen molar-refractivity contribution in [2.24, 2.45) is 0 Å². The lowest BCUT2D eigenvalue weighted by molar-refractivity contribution is 0.0988. The molecule has 116 valence electrons. The molecule has 0 aliphatic rings. The molecule has 0 aliphatic carbocycles. The van der Waals surface area contributed by atoms with Crippen LogP contribution in [0.25, 0.3) is 0 Å². The molecule has 1 aromatic heterocycles. The van der Waals surface area contributed by atoms with Crippen molar-refractivity contribution in [1.82, 2.24) is 0 Å². The minimum Gasteiger partial charge on any atom is -0.507 e. The molecule has 0 aliphatic heterocycles. The van der Waals surface area contributed by atoms with Crippen LogP contribution in [0.4, 0.5) is 0 Å². The Hall–Kier alpha value is -1.75. The molecule has 1 rings (SSSR count). The molecule has 0 fully saturated rings. The van der Waals surface area contributed by atoms with Gasteiger partial charge in [-0.25, -0.2) is 4.79 Å². The van der Waals surface area contributed by atoms with Crippen molar-refractivity contribution in [1.29, 1.82) is 0 Å². The topological polar surface area (TPSA) is 67.5 Å². The van der Waals surface area contributed by atoms with E-state index < -0.39 is 11.4 Å². The lowest BCUT2D eigenvalue weighted by Gasteiger charge is -2.04. The monoisotopic (exact) mass is 310 g/mol. The van der Waals surface area contributed by atoms with Gasteiger partial charge in [-0.3, -0.25) is 4.79 Å². The number of rotatable bonds is 5. The van der Waals surface area contributed by atoms with E-state index in [1.807, 2.05) is 39.2 Å². The van der Waals surface area contributed by atoms with E-state index in [2.05, 4.69) is 0 Å². The summed E-state index contributed by atoms with van der Waals surface area (Å²) in [7, 11) is 0. The summed E-state index contributed by atoms with van der Waals surface area (Å²) in [4.78, 5) is 24.4. The Kier molecular flexibility index (Phi) is 9.21. The standard InChI is InChI=1S/C14H16O4S.C2H6/c1-4-6-19-10(5-2)8-12(16)13-11(15)7-9(3)18-14(13)17;1-2/h4-7,15H,8H2,1-3H3;1-2H3/b6-4-,10-5-;. The van der Waals surface area contributed by atoms with Gasteiger partial charge in [-0.1, -0.05) is 26.0 Å². The third kappa shape index (κ3) is 6.04. The Balaban J connectivity index is 0.00000191. The summed E-state index contributed by atoms with van der Waals surface area (Å²) in [6.07, 6.45) is 3.72. The van der Waals surface area contributed by atoms with E-state index in [4.69, 9.17) is 4.42 Å². The number of hydrogen-bond donors (Lipinski definition) is 1. The predicted octanol–water partition coefficient (Wildman–Crippen LogP) is 4.42. The Morgan fingerprint density at radius 3 is 2.48 bits per heavy atom. The van der Waals surface area contributed by atoms with E-state index in [9.17, 15) is 14.7 Å². The number of Topliss-reactive ketones (excluding diaryl/α,β-unsaturated/α-hetero) is 1. The van der Waals surface area contributed by atoms with Crippen LogP contribution in [0.5, 0.6) is 5.75 Å². The summed E-state index contributed by atoms with van der Waals surface area (Å²) in [6, 6.07) is 1.27. The van der Waals surface area contributed by atoms with Crippen LogP contribution in [-0.2, 0) is 0 Å². The Bertz CT molecular complexity index is 582. The number of carbonyl (C=O) groups excluding carboxylic acids is 1. The molecule has 1 N–H and O–H groups in total. The van der Waals surface area contributed by atoms with Gasteiger partial charge in [0.2, 0.25) is 0 Å². The molecule has 0 unspecified atom stereocenters. The second-order valence-electron chi connectivity index (χ2n) is 3.85. The van der Waals surface area contributed by atoms with Crippen LogP contribution in [0.1, 0.15) is 50.2 Å². The molecule has 5 heteroatoms. The third-order valence-electron chi connectivity index (χ3n) is 2.35. The molecule has 1 aromatic rings. The van der Waals surface area contributed by atoms with Crippen LogP contribution < -0.4 is 5.63 Å². The first-order valence-corrected chi connectivity index (χ1v) is 7.67. The van der Waals surface area contributed by atoms with Gasteiger partial charge >= 0.3 is 5.63 Å². The van der Waals surface area contributed by atoms with Gasteiger partial charge in [0.05, 0.1) is 0 Å². The highest BCUT2D eigenvalue weighted by atomic mass is 32.2. The molecule has 0 radical (unpaired) electrons. The van der Waals surface area contributed by atoms with Crippen molar-refractivity contribution < 1.29 is 14.3 Å². The lowest BCUT2D eigenvalue weighted by Crippen LogP contribution is -2.14. The van der Waals surface area contributed by atoms with Crippen molar-refractivity contribution in [2.45, 2.75) is 41.0 Å². The summed E-state index contributed by atoms with van der Waals surface area (Å²) in [5.74, 6) is -0.504. The highest BCUT2D eigenvalue weighted by Crippen LogP contribution is 2.24. The van der Waals surface area contributed by atoms with Gasteiger partial charge in [0.15, 0.2) is 5.78 Å². The third-order valence-corrected chi connectivity index (χ3v) is 3.44. The first-order chi connectivity index (χ1) is 9.99. The molecule has 1 heterocycles. The van der Waals surface area contributed by atoms with Gasteiger partial charge < -0.3 is 9.52 Å². The second kappa shape index (κ2) is 10.0. The Morgan fingerprint density at radius 2 is 2.00 bits per heavy atom. The number of thioether (sulfide) groups is 1. The minimum absolute atomic E-state index is 0.0624. The maximum atomic E-state index is 12.0. The number of aromatic hydroxyl groups is 1. The van der Waals surface area contributed by atoms with Crippen LogP contribution in [0.2, 0.25) is 0 Å². The van der Waals surface area contributed by atoms with E-state index in [1.54, 1.807) is 6.08 Å². The highest BCUT2D eigenvalue weighted by Gasteiger charge is 2.19. The van der Waals surface area contributed by atoms with Gasteiger partial charge in [0, 0.05) is 12.5 Å². The SMILES string of the molecule is C/C=C\S/C(=C\C)CC(=O)c1c(O)cc(C)oc1=O.CC. The molecule has 0 saturated heterocycles. The molecule has 0 amide bonds. The lowest BCUT2D eigenvalue weighted by atomic mass is 10.1. The average Bonchev–Trinajstić information content (AvgIpc) is 2.44. The number of ketones is 1. The van der Waals surface area contributed by atoms with Crippen molar-refractivity contribution in [3.05, 3.63) is 50.3 Å². The van der Waals surface area contributed by atoms with Crippen LogP contribution in [0.15, 0.2) is 37.7 Å². The van der Waals surface area contributed by atoms with E-state index in [0.29, 0.717) is 0 Å². The van der Waals surface area contributed by atoms with Crippen molar-refractivity contribution in [3.63, 3.8) is 0 Å². The van der Waals surface area contributed by atoms with Crippen LogP contribution >= 0.6 is 11.8 Å². The van der Waals surface area contributed by atoms with E-state index >= 15 is 0 Å². The van der Waals surface area contributed by atoms with Crippen molar-refractivity contribution in [2.75, 3.05) is 0 Å². The van der Waals surface area contributed by atoms with Gasteiger partial charge in [0.1, 0.15) is 17.1 Å². The van der Waals surface area contributed by atoms with Crippen molar-refractivity contribution in [3.8, 4) is 5.75 Å². The number of aryl methyl sites for hydroxylation is 1. The van der Waals surface area contributed by atoms with Gasteiger partial charge in [-0.2, -0.15) is 0 Å². The van der Waals surface area contributed by atoms with Crippen LogP contribution in [-0.4, -0.2) is 10.9 Å². The zero-order chi connectivity index (χ0) is 16.4. The highest BCUT2D eigenvalue weighted by molar-refractivity contribution is 8.05. The molecule has 0 aromatic carbocycles. The Labute approximate surface area is 129 Å². The van der Waals surface area contributed by atoms with Gasteiger partial charge in [-0.05, 0) is 31.1 Å². The van der Waals surface area contributed by atoms with E-state index in [1.165, 1.54) is 24.8 Å². The van der Waals surface area contributed by atoms with E-state index in [0.717, 1.165) is 4.91 Å². The zero-order valence-corrected chi connectivity index (χ0v) is 13.9. The molecular weight excluding hydrogens is 288 g/mol. The largest absolute Gasteiger partial charge is 0.507 e. The van der Waals surface area contributed by atoms with Crippen LogP contribution in [0.3, 0.4) is 0 Å². The summed E-state index contributed by atoms with van der Waals surface area (Å²) in [5, 5.41) is 11.5. The second-order valence-corrected chi connectivity index (χ2v) is 4.88. The maximum absolute atomic E-state index is 12.0. The van der Waals surface area contributed by atoms with Gasteiger partial charge in [0.25, 0.3) is 0 Å². The normalized spacial score (nSPS) is 11.2. The van der Waals surface area contributed by atoms with Crippen LogP contribution in [0, 0.1) is 6.92 Å². The number of allylic oxidation sites excluding steroid dienone is 3. The Morgan fingerprint density at radius 1 is 1.38 bits per heavy atom. The summed E-state index contributed by atoms with van der Waals surface area (Å²) in [6.45, 7) is 9.23. The fourth-order valence-corrected chi connectivity index (χ4v) is 2.13. The summed E-state index contributed by atoms with van der Waals surface area (Å²) in [5.41, 5.74) is -1.08. The van der Waals surface area contributed by atoms with Gasteiger partial charge in [-0.15, -0.1) is 11.8 Å². The first-order valence-electron chi connectivity index (χ1n) is 6.79. The molecular formula is C16H22O4S. The average molecular weight is 310 g/mol. The fourth-order valence-electron chi connectivity index (χ4n) is 1.47. The molecule has 21 heavy (non-hydrogen) atoms. The summed E-state index contributed by atoms with van der Waals surface area (Å²) >= 11 is 1.40. The summed E-state index contributed by atoms with van der Waals surface area (Å²) < 4.78 is 4.83. The quantitative estimate of drug-likeness (QED) is 0.815. The number of hydrogen-bond acceptors (Lipinski definition) is 5. The maximum Gasteiger partial charge on any atom is 0.350 e. The minimum atomic E-state index is -0.797. The van der Waals surface area contributed by atoms with Crippen molar-refractivity contribution >= 4 is 17.5 Å². The molecule has 4 nitrogen and oxygen atoms in total. The molecule has 0 spiro atoms. The number of carbonyl (C=O) groups is 1.